The number of aryl methyl sites for hydroxylation is 2. The number of benzene rings is 2. The summed E-state index contributed by atoms with van der Waals surface area (Å²) in [6.45, 7) is 7.06. The molecule has 2 rings (SSSR count). The number of nitrogens with one attached hydrogen (secondary N) is 3. The molecule has 196 valence electrons. The average Bonchev–Trinajstić information content (AvgIpc) is 2.88. The minimum atomic E-state index is -0.697. The second kappa shape index (κ2) is 16.5. The van der Waals surface area contributed by atoms with Crippen LogP contribution in [-0.2, 0) is 44.9 Å². The fraction of sp³-hybridized carbons (Fsp3) is 0.483. The van der Waals surface area contributed by atoms with Crippen molar-refractivity contribution >= 4 is 17.7 Å². The first-order valence-corrected chi connectivity index (χ1v) is 13.1. The van der Waals surface area contributed by atoms with Gasteiger partial charge in [-0.2, -0.15) is 0 Å². The van der Waals surface area contributed by atoms with E-state index in [2.05, 4.69) is 30.0 Å². The van der Waals surface area contributed by atoms with E-state index in [0.29, 0.717) is 38.8 Å². The largest absolute Gasteiger partial charge is 0.356 e. The van der Waals surface area contributed by atoms with Crippen molar-refractivity contribution in [2.45, 2.75) is 78.2 Å². The molecule has 0 saturated heterocycles. The van der Waals surface area contributed by atoms with Gasteiger partial charge in [-0.3, -0.25) is 19.2 Å². The number of unbranched alkanes of at least 4 members (excludes halogenated alkanes) is 1. The Bertz CT molecular complexity index is 942. The summed E-state index contributed by atoms with van der Waals surface area (Å²) in [6.07, 6.45) is 5.07. The lowest BCUT2D eigenvalue weighted by atomic mass is 10.1. The molecule has 0 aliphatic rings. The van der Waals surface area contributed by atoms with Crippen LogP contribution in [0.3, 0.4) is 0 Å². The van der Waals surface area contributed by atoms with Crippen LogP contribution in [0.15, 0.2) is 48.5 Å². The van der Waals surface area contributed by atoms with Gasteiger partial charge in [-0.05, 0) is 60.8 Å². The zero-order valence-corrected chi connectivity index (χ0v) is 21.9. The zero-order valence-electron chi connectivity index (χ0n) is 21.9. The van der Waals surface area contributed by atoms with Crippen LogP contribution >= 0.6 is 0 Å². The van der Waals surface area contributed by atoms with Crippen molar-refractivity contribution in [2.24, 2.45) is 0 Å². The molecule has 7 heteroatoms. The van der Waals surface area contributed by atoms with Gasteiger partial charge < -0.3 is 10.6 Å². The SMILES string of the molecule is CCCONC(=O)C(CCCCNC(=O)Cc1ccc(CC)cc1)NC(=O)Cc1ccc(CC)cc1. The molecule has 3 amide bonds. The molecule has 2 aromatic rings. The van der Waals surface area contributed by atoms with E-state index in [0.717, 1.165) is 30.4 Å². The zero-order chi connectivity index (χ0) is 26.2. The van der Waals surface area contributed by atoms with E-state index in [1.54, 1.807) is 0 Å². The van der Waals surface area contributed by atoms with Crippen molar-refractivity contribution in [3.05, 3.63) is 70.8 Å². The van der Waals surface area contributed by atoms with Crippen LogP contribution in [0.25, 0.3) is 0 Å². The molecule has 7 nitrogen and oxygen atoms in total. The van der Waals surface area contributed by atoms with E-state index in [1.807, 2.05) is 55.5 Å². The summed E-state index contributed by atoms with van der Waals surface area (Å²) in [6, 6.07) is 15.3. The van der Waals surface area contributed by atoms with Crippen LogP contribution in [0.5, 0.6) is 0 Å². The first-order chi connectivity index (χ1) is 17.4. The van der Waals surface area contributed by atoms with Crippen molar-refractivity contribution < 1.29 is 19.2 Å². The maximum atomic E-state index is 12.6. The van der Waals surface area contributed by atoms with E-state index >= 15 is 0 Å². The third kappa shape index (κ3) is 11.0. The minimum Gasteiger partial charge on any atom is -0.356 e. The number of hydrogen-bond donors (Lipinski definition) is 3. The molecule has 0 saturated carbocycles. The molecule has 0 aliphatic carbocycles. The lowest BCUT2D eigenvalue weighted by Crippen LogP contribution is -2.47. The molecule has 0 fully saturated rings. The maximum Gasteiger partial charge on any atom is 0.266 e. The Labute approximate surface area is 215 Å². The third-order valence-corrected chi connectivity index (χ3v) is 5.96. The smallest absolute Gasteiger partial charge is 0.266 e. The Hall–Kier alpha value is -3.19. The summed E-state index contributed by atoms with van der Waals surface area (Å²) in [5.41, 5.74) is 6.79. The number of hydroxylamine groups is 1. The van der Waals surface area contributed by atoms with E-state index in [4.69, 9.17) is 4.84 Å². The highest BCUT2D eigenvalue weighted by Crippen LogP contribution is 2.08. The van der Waals surface area contributed by atoms with E-state index in [-0.39, 0.29) is 24.1 Å². The number of hydrogen-bond acceptors (Lipinski definition) is 4. The summed E-state index contributed by atoms with van der Waals surface area (Å²) in [4.78, 5) is 42.6. The highest BCUT2D eigenvalue weighted by Gasteiger charge is 2.21. The van der Waals surface area contributed by atoms with Crippen molar-refractivity contribution in [3.8, 4) is 0 Å². The molecular weight excluding hydrogens is 454 g/mol. The molecule has 2 aromatic carbocycles. The number of carbonyl (C=O) groups excluding carboxylic acids is 3. The van der Waals surface area contributed by atoms with Gasteiger partial charge in [0.1, 0.15) is 6.04 Å². The Morgan fingerprint density at radius 2 is 1.28 bits per heavy atom. The summed E-state index contributed by atoms with van der Waals surface area (Å²) < 4.78 is 0. The van der Waals surface area contributed by atoms with Crippen molar-refractivity contribution in [3.63, 3.8) is 0 Å². The van der Waals surface area contributed by atoms with Crippen molar-refractivity contribution in [1.29, 1.82) is 0 Å². The fourth-order valence-corrected chi connectivity index (χ4v) is 3.73. The van der Waals surface area contributed by atoms with Gasteiger partial charge in [-0.1, -0.05) is 69.3 Å². The van der Waals surface area contributed by atoms with Gasteiger partial charge in [0.15, 0.2) is 0 Å². The number of amides is 3. The molecule has 0 heterocycles. The highest BCUT2D eigenvalue weighted by atomic mass is 16.6. The Kier molecular flexibility index (Phi) is 13.3. The first-order valence-electron chi connectivity index (χ1n) is 13.1. The average molecular weight is 496 g/mol. The second-order valence-electron chi connectivity index (χ2n) is 8.97. The topological polar surface area (TPSA) is 96.5 Å². The summed E-state index contributed by atoms with van der Waals surface area (Å²) in [7, 11) is 0. The van der Waals surface area contributed by atoms with E-state index in [9.17, 15) is 14.4 Å². The van der Waals surface area contributed by atoms with E-state index < -0.39 is 6.04 Å². The highest BCUT2D eigenvalue weighted by molar-refractivity contribution is 5.87. The minimum absolute atomic E-state index is 0.0242. The van der Waals surface area contributed by atoms with Crippen LogP contribution in [-0.4, -0.2) is 36.9 Å². The fourth-order valence-electron chi connectivity index (χ4n) is 3.73. The van der Waals surface area contributed by atoms with Crippen LogP contribution < -0.4 is 16.1 Å². The third-order valence-electron chi connectivity index (χ3n) is 5.96. The Morgan fingerprint density at radius 1 is 0.750 bits per heavy atom. The molecule has 3 N–H and O–H groups in total. The van der Waals surface area contributed by atoms with Crippen LogP contribution in [0.1, 0.15) is 68.7 Å². The molecule has 0 bridgehead atoms. The Morgan fingerprint density at radius 3 is 1.81 bits per heavy atom. The Balaban J connectivity index is 1.78. The molecule has 0 radical (unpaired) electrons. The maximum absolute atomic E-state index is 12.6. The summed E-state index contributed by atoms with van der Waals surface area (Å²) in [5, 5.41) is 5.78. The van der Waals surface area contributed by atoms with Crippen LogP contribution in [0.4, 0.5) is 0 Å². The molecule has 36 heavy (non-hydrogen) atoms. The molecule has 0 spiro atoms. The molecule has 0 aliphatic heterocycles. The van der Waals surface area contributed by atoms with Gasteiger partial charge >= 0.3 is 0 Å². The normalized spacial score (nSPS) is 11.5. The van der Waals surface area contributed by atoms with Gasteiger partial charge in [0, 0.05) is 6.54 Å². The molecule has 0 aromatic heterocycles. The van der Waals surface area contributed by atoms with Gasteiger partial charge in [-0.15, -0.1) is 0 Å². The van der Waals surface area contributed by atoms with Gasteiger partial charge in [0.2, 0.25) is 11.8 Å². The number of rotatable bonds is 16. The van der Waals surface area contributed by atoms with Crippen molar-refractivity contribution in [1.82, 2.24) is 16.1 Å². The van der Waals surface area contributed by atoms with Gasteiger partial charge in [0.25, 0.3) is 5.91 Å². The molecular formula is C29H41N3O4. The monoisotopic (exact) mass is 495 g/mol. The lowest BCUT2D eigenvalue weighted by molar-refractivity contribution is -0.138. The van der Waals surface area contributed by atoms with Crippen LogP contribution in [0, 0.1) is 0 Å². The predicted molar refractivity (Wildman–Crippen MR) is 142 cm³/mol. The standard InChI is InChI=1S/C29H41N3O4/c1-4-19-36-32-29(35)26(31-28(34)21-25-16-12-23(6-3)13-17-25)9-7-8-18-30-27(33)20-24-14-10-22(5-2)11-15-24/h10-17,26H,4-9,18-21H2,1-3H3,(H,30,33)(H,31,34)(H,32,35). The second-order valence-corrected chi connectivity index (χ2v) is 8.97. The summed E-state index contributed by atoms with van der Waals surface area (Å²) in [5.74, 6) is -0.598. The first kappa shape index (κ1) is 29.0. The molecule has 1 atom stereocenters. The summed E-state index contributed by atoms with van der Waals surface area (Å²) >= 11 is 0. The van der Waals surface area contributed by atoms with Gasteiger partial charge in [0.05, 0.1) is 19.4 Å². The van der Waals surface area contributed by atoms with Gasteiger partial charge in [-0.25, -0.2) is 5.48 Å². The van der Waals surface area contributed by atoms with Crippen LogP contribution in [0.2, 0.25) is 0 Å². The number of carbonyl (C=O) groups is 3. The predicted octanol–water partition coefficient (Wildman–Crippen LogP) is 3.83. The van der Waals surface area contributed by atoms with Crippen molar-refractivity contribution in [2.75, 3.05) is 13.2 Å². The van der Waals surface area contributed by atoms with E-state index in [1.165, 1.54) is 11.1 Å². The molecule has 1 unspecified atom stereocenters. The quantitative estimate of drug-likeness (QED) is 0.244. The lowest BCUT2D eigenvalue weighted by Gasteiger charge is -2.18.